The Morgan fingerprint density at radius 3 is 2.56 bits per heavy atom. The Labute approximate surface area is 222 Å². The van der Waals surface area contributed by atoms with Crippen molar-refractivity contribution in [2.75, 3.05) is 11.1 Å². The number of hydrogen-bond acceptors (Lipinski definition) is 5. The lowest BCUT2D eigenvalue weighted by Crippen LogP contribution is -2.23. The molecule has 2 aromatic heterocycles. The highest BCUT2D eigenvalue weighted by Gasteiger charge is 2.23. The monoisotopic (exact) mass is 593 g/mol. The molecule has 0 saturated heterocycles. The standard InChI is InChI=1S/C24H18BrCl2N3O2S2/c25-13-5-7-17(8-6-13)30-23(32)21-18-3-1-2-4-19(18)34-22(21)29-24(30)33-12-20(31)28-16-10-14(26)9-15(27)11-16/h5-11H,1-4,12H2,(H,28,31). The molecular formula is C24H18BrCl2N3O2S2. The van der Waals surface area contributed by atoms with Crippen molar-refractivity contribution in [1.29, 1.82) is 0 Å². The van der Waals surface area contributed by atoms with Gasteiger partial charge in [-0.15, -0.1) is 11.3 Å². The smallest absolute Gasteiger partial charge is 0.267 e. The molecular weight excluding hydrogens is 577 g/mol. The zero-order valence-corrected chi connectivity index (χ0v) is 22.5. The van der Waals surface area contributed by atoms with E-state index in [1.807, 2.05) is 24.3 Å². The van der Waals surface area contributed by atoms with Gasteiger partial charge in [-0.25, -0.2) is 4.98 Å². The number of fused-ring (bicyclic) bond motifs is 3. The van der Waals surface area contributed by atoms with Crippen LogP contribution in [0.5, 0.6) is 0 Å². The summed E-state index contributed by atoms with van der Waals surface area (Å²) in [6.07, 6.45) is 4.11. The Kier molecular flexibility index (Phi) is 7.04. The molecule has 174 valence electrons. The zero-order chi connectivity index (χ0) is 23.8. The second-order valence-corrected chi connectivity index (χ2v) is 11.7. The first-order valence-electron chi connectivity index (χ1n) is 10.6. The summed E-state index contributed by atoms with van der Waals surface area (Å²) >= 11 is 18.3. The SMILES string of the molecule is O=C(CSc1nc2sc3c(c2c(=O)n1-c1ccc(Br)cc1)CCCC3)Nc1cc(Cl)cc(Cl)c1. The summed E-state index contributed by atoms with van der Waals surface area (Å²) in [5.41, 5.74) is 2.28. The number of nitrogens with zero attached hydrogens (tertiary/aromatic N) is 2. The summed E-state index contributed by atoms with van der Waals surface area (Å²) in [5.74, 6) is -0.172. The van der Waals surface area contributed by atoms with E-state index in [-0.39, 0.29) is 17.2 Å². The van der Waals surface area contributed by atoms with Crippen LogP contribution in [0.25, 0.3) is 15.9 Å². The van der Waals surface area contributed by atoms with Crippen molar-refractivity contribution in [2.45, 2.75) is 30.8 Å². The van der Waals surface area contributed by atoms with E-state index in [2.05, 4.69) is 21.2 Å². The average molecular weight is 595 g/mol. The molecule has 0 unspecified atom stereocenters. The van der Waals surface area contributed by atoms with Gasteiger partial charge in [-0.1, -0.05) is 50.9 Å². The molecule has 2 aromatic carbocycles. The fourth-order valence-electron chi connectivity index (χ4n) is 4.05. The Bertz CT molecular complexity index is 1450. The normalized spacial score (nSPS) is 13.1. The van der Waals surface area contributed by atoms with E-state index in [1.165, 1.54) is 16.6 Å². The van der Waals surface area contributed by atoms with E-state index in [1.54, 1.807) is 34.1 Å². The van der Waals surface area contributed by atoms with Gasteiger partial charge in [-0.05, 0) is 73.7 Å². The molecule has 0 fully saturated rings. The number of anilines is 1. The lowest BCUT2D eigenvalue weighted by Gasteiger charge is -2.14. The third-order valence-electron chi connectivity index (χ3n) is 5.52. The van der Waals surface area contributed by atoms with E-state index < -0.39 is 0 Å². The van der Waals surface area contributed by atoms with Crippen molar-refractivity contribution >= 4 is 84.0 Å². The molecule has 34 heavy (non-hydrogen) atoms. The molecule has 0 atom stereocenters. The highest BCUT2D eigenvalue weighted by atomic mass is 79.9. The molecule has 1 aliphatic carbocycles. The van der Waals surface area contributed by atoms with Crippen LogP contribution in [0.1, 0.15) is 23.3 Å². The number of halogens is 3. The molecule has 4 aromatic rings. The molecule has 10 heteroatoms. The number of amides is 1. The predicted molar refractivity (Wildman–Crippen MR) is 145 cm³/mol. The number of carbonyl (C=O) groups excluding carboxylic acids is 1. The zero-order valence-electron chi connectivity index (χ0n) is 17.7. The van der Waals surface area contributed by atoms with Gasteiger partial charge in [0, 0.05) is 25.1 Å². The lowest BCUT2D eigenvalue weighted by atomic mass is 9.97. The van der Waals surface area contributed by atoms with Gasteiger partial charge in [-0.3, -0.25) is 14.2 Å². The maximum Gasteiger partial charge on any atom is 0.267 e. The van der Waals surface area contributed by atoms with E-state index in [4.69, 9.17) is 28.2 Å². The molecule has 0 aliphatic heterocycles. The third-order valence-corrected chi connectivity index (χ3v) is 8.61. The summed E-state index contributed by atoms with van der Waals surface area (Å²) in [4.78, 5) is 33.3. The van der Waals surface area contributed by atoms with Gasteiger partial charge in [0.15, 0.2) is 5.16 Å². The summed E-state index contributed by atoms with van der Waals surface area (Å²) in [5, 5.41) is 4.88. The van der Waals surface area contributed by atoms with Gasteiger partial charge >= 0.3 is 0 Å². The highest BCUT2D eigenvalue weighted by molar-refractivity contribution is 9.10. The van der Waals surface area contributed by atoms with Crippen molar-refractivity contribution in [3.05, 3.63) is 77.8 Å². The first kappa shape index (κ1) is 23.9. The van der Waals surface area contributed by atoms with Gasteiger partial charge < -0.3 is 5.32 Å². The number of thioether (sulfide) groups is 1. The molecule has 1 amide bonds. The van der Waals surface area contributed by atoms with E-state index in [0.717, 1.165) is 40.5 Å². The van der Waals surface area contributed by atoms with Crippen molar-refractivity contribution in [3.8, 4) is 5.69 Å². The maximum absolute atomic E-state index is 13.8. The minimum atomic E-state index is -0.245. The van der Waals surface area contributed by atoms with Crippen molar-refractivity contribution < 1.29 is 4.79 Å². The Morgan fingerprint density at radius 2 is 1.82 bits per heavy atom. The van der Waals surface area contributed by atoms with Gasteiger partial charge in [0.1, 0.15) is 4.83 Å². The van der Waals surface area contributed by atoms with Crippen molar-refractivity contribution in [1.82, 2.24) is 9.55 Å². The predicted octanol–water partition coefficient (Wildman–Crippen LogP) is 7.13. The number of carbonyl (C=O) groups is 1. The number of rotatable bonds is 5. The van der Waals surface area contributed by atoms with Crippen LogP contribution in [0.4, 0.5) is 5.69 Å². The number of aryl methyl sites for hydroxylation is 2. The highest BCUT2D eigenvalue weighted by Crippen LogP contribution is 2.35. The van der Waals surface area contributed by atoms with Crippen LogP contribution in [0.3, 0.4) is 0 Å². The molecule has 5 nitrogen and oxygen atoms in total. The fourth-order valence-corrected chi connectivity index (χ4v) is 6.96. The second kappa shape index (κ2) is 10.0. The van der Waals surface area contributed by atoms with Gasteiger partial charge in [0.2, 0.25) is 5.91 Å². The molecule has 5 rings (SSSR count). The minimum Gasteiger partial charge on any atom is -0.325 e. The van der Waals surface area contributed by atoms with Gasteiger partial charge in [0.05, 0.1) is 16.8 Å². The Morgan fingerprint density at radius 1 is 1.12 bits per heavy atom. The molecule has 2 heterocycles. The maximum atomic E-state index is 13.8. The molecule has 0 bridgehead atoms. The topological polar surface area (TPSA) is 64.0 Å². The van der Waals surface area contributed by atoms with Crippen LogP contribution >= 0.6 is 62.2 Å². The summed E-state index contributed by atoms with van der Waals surface area (Å²) in [7, 11) is 0. The molecule has 0 spiro atoms. The van der Waals surface area contributed by atoms with Crippen LogP contribution in [-0.2, 0) is 17.6 Å². The second-order valence-electron chi connectivity index (χ2n) is 7.90. The number of nitrogens with one attached hydrogen (secondary N) is 1. The van der Waals surface area contributed by atoms with Crippen molar-refractivity contribution in [3.63, 3.8) is 0 Å². The van der Waals surface area contributed by atoms with Crippen LogP contribution in [0, 0.1) is 0 Å². The van der Waals surface area contributed by atoms with E-state index in [0.29, 0.717) is 32.0 Å². The van der Waals surface area contributed by atoms with E-state index >= 15 is 0 Å². The quantitative estimate of drug-likeness (QED) is 0.197. The first-order valence-corrected chi connectivity index (χ1v) is 14.0. The Balaban J connectivity index is 1.51. The number of benzene rings is 2. The van der Waals surface area contributed by atoms with Crippen LogP contribution in [0.2, 0.25) is 10.0 Å². The number of aromatic nitrogens is 2. The van der Waals surface area contributed by atoms with Crippen molar-refractivity contribution in [2.24, 2.45) is 0 Å². The summed E-state index contributed by atoms with van der Waals surface area (Å²) in [6.45, 7) is 0. The van der Waals surface area contributed by atoms with E-state index in [9.17, 15) is 9.59 Å². The lowest BCUT2D eigenvalue weighted by molar-refractivity contribution is -0.113. The fraction of sp³-hybridized carbons (Fsp3) is 0.208. The summed E-state index contributed by atoms with van der Waals surface area (Å²) in [6, 6.07) is 12.4. The minimum absolute atomic E-state index is 0.0731. The first-order chi connectivity index (χ1) is 16.4. The molecule has 1 N–H and O–H groups in total. The number of thiophene rings is 1. The van der Waals surface area contributed by atoms with Crippen LogP contribution in [-0.4, -0.2) is 21.2 Å². The molecule has 0 radical (unpaired) electrons. The largest absolute Gasteiger partial charge is 0.325 e. The number of hydrogen-bond donors (Lipinski definition) is 1. The van der Waals surface area contributed by atoms with Gasteiger partial charge in [-0.2, -0.15) is 0 Å². The van der Waals surface area contributed by atoms with Gasteiger partial charge in [0.25, 0.3) is 5.56 Å². The van der Waals surface area contributed by atoms with Crippen LogP contribution in [0.15, 0.2) is 56.9 Å². The molecule has 0 saturated carbocycles. The summed E-state index contributed by atoms with van der Waals surface area (Å²) < 4.78 is 2.53. The average Bonchev–Trinajstić information content (AvgIpc) is 3.16. The molecule has 1 aliphatic rings. The third kappa shape index (κ3) is 4.93. The Hall–Kier alpha value is -1.84. The van der Waals surface area contributed by atoms with Crippen LogP contribution < -0.4 is 10.9 Å².